The number of aliphatic imine (C=N–C) groups is 1. The number of benzene rings is 3. The number of piperazine rings is 1. The molecule has 3 aromatic rings. The summed E-state index contributed by atoms with van der Waals surface area (Å²) in [6.07, 6.45) is 4.43. The first kappa shape index (κ1) is 37.4. The van der Waals surface area contributed by atoms with Crippen LogP contribution in [-0.2, 0) is 20.9 Å². The van der Waals surface area contributed by atoms with Crippen LogP contribution in [0.25, 0.3) is 0 Å². The molecule has 49 heavy (non-hydrogen) atoms. The highest BCUT2D eigenvalue weighted by Crippen LogP contribution is 2.54. The number of carbonyl (C=O) groups excluding carboxylic acids is 1. The Morgan fingerprint density at radius 2 is 1.51 bits per heavy atom. The monoisotopic (exact) mass is 750 g/mol. The number of urea groups is 1. The number of hydrogen-bond donors (Lipinski definition) is 0. The molecule has 0 radical (unpaired) electrons. The lowest BCUT2D eigenvalue weighted by molar-refractivity contribution is 0.0863. The van der Waals surface area contributed by atoms with Crippen molar-refractivity contribution < 1.29 is 22.3 Å². The second kappa shape index (κ2) is 15.2. The van der Waals surface area contributed by atoms with Crippen LogP contribution in [0.3, 0.4) is 0 Å². The van der Waals surface area contributed by atoms with E-state index < -0.39 is 27.6 Å². The van der Waals surface area contributed by atoms with Gasteiger partial charge in [-0.15, -0.1) is 0 Å². The lowest BCUT2D eigenvalue weighted by Crippen LogP contribution is -2.60. The molecule has 2 heterocycles. The maximum absolute atomic E-state index is 15.1. The largest absolute Gasteiger partial charge is 0.490 e. The number of sulfone groups is 1. The maximum atomic E-state index is 15.1. The molecule has 8 nitrogen and oxygen atoms in total. The Labute approximate surface area is 303 Å². The lowest BCUT2D eigenvalue weighted by Gasteiger charge is -2.47. The van der Waals surface area contributed by atoms with Gasteiger partial charge in [-0.05, 0) is 68.3 Å². The number of amidine groups is 1. The number of carbonyl (C=O) groups is 1. The number of rotatable bonds is 11. The van der Waals surface area contributed by atoms with Crippen LogP contribution in [0.2, 0.25) is 15.1 Å². The Hall–Kier alpha value is -2.89. The van der Waals surface area contributed by atoms with Crippen molar-refractivity contribution in [3.63, 3.8) is 0 Å². The SMILES string of the molecule is CCCCCN1CCN(C(=O)N2C(c3cc(S(C)(=O)=O)c(Cl)cc3OCCF)=N[C@@](C)(c3ccc(Cl)cc3)[C@@]2(C)c2ccc(Cl)cc2)CC1. The van der Waals surface area contributed by atoms with Crippen LogP contribution in [0.1, 0.15) is 56.7 Å². The van der Waals surface area contributed by atoms with Gasteiger partial charge in [-0.25, -0.2) is 17.6 Å². The van der Waals surface area contributed by atoms with E-state index in [-0.39, 0.29) is 39.7 Å². The number of unbranched alkanes of at least 4 members (excludes halogenated alkanes) is 2. The number of hydrogen-bond acceptors (Lipinski definition) is 6. The molecular weight excluding hydrogens is 710 g/mol. The molecule has 3 aromatic carbocycles. The standard InChI is InChI=1S/C36H42Cl3FN4O4S/c1-5-6-7-17-42-18-20-43(21-19-42)34(45)44-33(29-23-32(49(4,46)47)30(39)24-31(29)48-22-16-40)41-35(2,25-8-12-27(37)13-9-25)36(44,3)26-10-14-28(38)15-11-26/h8-15,23-24H,5-7,16-22H2,1-4H3/t35-,36+/m0/s1. The van der Waals surface area contributed by atoms with E-state index in [1.807, 2.05) is 43.0 Å². The summed E-state index contributed by atoms with van der Waals surface area (Å²) in [7, 11) is -3.83. The van der Waals surface area contributed by atoms with Gasteiger partial charge in [0, 0.05) is 48.5 Å². The molecule has 0 unspecified atom stereocenters. The van der Waals surface area contributed by atoms with Crippen molar-refractivity contribution in [2.45, 2.75) is 56.0 Å². The Balaban J connectivity index is 1.74. The van der Waals surface area contributed by atoms with Gasteiger partial charge >= 0.3 is 6.03 Å². The Morgan fingerprint density at radius 3 is 2.06 bits per heavy atom. The van der Waals surface area contributed by atoms with Gasteiger partial charge in [-0.3, -0.25) is 14.8 Å². The van der Waals surface area contributed by atoms with E-state index in [1.54, 1.807) is 29.2 Å². The predicted octanol–water partition coefficient (Wildman–Crippen LogP) is 8.22. The van der Waals surface area contributed by atoms with Gasteiger partial charge in [0.05, 0.1) is 15.5 Å². The van der Waals surface area contributed by atoms with Crippen LogP contribution in [0.4, 0.5) is 9.18 Å². The second-order valence-corrected chi connectivity index (χ2v) is 16.1. The fourth-order valence-corrected chi connectivity index (χ4v) is 8.29. The number of alkyl halides is 1. The predicted molar refractivity (Wildman–Crippen MR) is 195 cm³/mol. The summed E-state index contributed by atoms with van der Waals surface area (Å²) < 4.78 is 45.2. The molecular formula is C36H42Cl3FN4O4S. The average molecular weight is 752 g/mol. The van der Waals surface area contributed by atoms with E-state index in [2.05, 4.69) is 11.8 Å². The molecule has 0 N–H and O–H groups in total. The first-order valence-corrected chi connectivity index (χ1v) is 19.4. The van der Waals surface area contributed by atoms with Gasteiger partial charge in [-0.1, -0.05) is 78.8 Å². The van der Waals surface area contributed by atoms with Crippen molar-refractivity contribution in [3.8, 4) is 5.75 Å². The van der Waals surface area contributed by atoms with Gasteiger partial charge in [0.2, 0.25) is 0 Å². The molecule has 0 saturated carbocycles. The molecule has 2 atom stereocenters. The topological polar surface area (TPSA) is 82.5 Å². The third kappa shape index (κ3) is 7.45. The first-order chi connectivity index (χ1) is 23.2. The highest BCUT2D eigenvalue weighted by Gasteiger charge is 2.60. The molecule has 13 heteroatoms. The van der Waals surface area contributed by atoms with E-state index in [0.29, 0.717) is 36.2 Å². The highest BCUT2D eigenvalue weighted by atomic mass is 35.5. The number of nitrogens with zero attached hydrogens (tertiary/aromatic N) is 4. The molecule has 1 saturated heterocycles. The fraction of sp³-hybridized carbons (Fsp3) is 0.444. The van der Waals surface area contributed by atoms with E-state index in [4.69, 9.17) is 44.5 Å². The van der Waals surface area contributed by atoms with Crippen LogP contribution in [0, 0.1) is 0 Å². The van der Waals surface area contributed by atoms with Crippen molar-refractivity contribution in [1.29, 1.82) is 0 Å². The summed E-state index contributed by atoms with van der Waals surface area (Å²) in [5.41, 5.74) is -0.656. The summed E-state index contributed by atoms with van der Waals surface area (Å²) in [5, 5.41) is 0.968. The molecule has 0 aliphatic carbocycles. The highest BCUT2D eigenvalue weighted by molar-refractivity contribution is 7.90. The molecule has 1 fully saturated rings. The van der Waals surface area contributed by atoms with Gasteiger partial charge < -0.3 is 9.64 Å². The summed E-state index contributed by atoms with van der Waals surface area (Å²) in [5.74, 6) is 0.270. The fourth-order valence-electron chi connectivity index (χ4n) is 6.72. The lowest BCUT2D eigenvalue weighted by atomic mass is 9.71. The normalized spacial score (nSPS) is 21.6. The molecule has 0 aromatic heterocycles. The average Bonchev–Trinajstić information content (AvgIpc) is 3.31. The molecule has 2 aliphatic rings. The Bertz CT molecular complexity index is 1800. The van der Waals surface area contributed by atoms with E-state index in [1.165, 1.54) is 12.1 Å². The quantitative estimate of drug-likeness (QED) is 0.185. The molecule has 264 valence electrons. The van der Waals surface area contributed by atoms with Crippen molar-refractivity contribution >= 4 is 56.5 Å². The van der Waals surface area contributed by atoms with Crippen LogP contribution in [-0.4, -0.2) is 87.2 Å². The van der Waals surface area contributed by atoms with Gasteiger partial charge in [0.25, 0.3) is 0 Å². The zero-order valence-corrected chi connectivity index (χ0v) is 31.3. The van der Waals surface area contributed by atoms with Gasteiger partial charge in [-0.2, -0.15) is 0 Å². The molecule has 2 aliphatic heterocycles. The summed E-state index contributed by atoms with van der Waals surface area (Å²) >= 11 is 19.2. The van der Waals surface area contributed by atoms with Crippen LogP contribution >= 0.6 is 34.8 Å². The van der Waals surface area contributed by atoms with Crippen LogP contribution < -0.4 is 4.74 Å². The zero-order chi connectivity index (χ0) is 35.6. The second-order valence-electron chi connectivity index (χ2n) is 12.8. The van der Waals surface area contributed by atoms with Crippen molar-refractivity contribution in [2.24, 2.45) is 4.99 Å². The van der Waals surface area contributed by atoms with Crippen molar-refractivity contribution in [3.05, 3.63) is 92.4 Å². The smallest absolute Gasteiger partial charge is 0.326 e. The van der Waals surface area contributed by atoms with Crippen molar-refractivity contribution in [2.75, 3.05) is 52.3 Å². The Morgan fingerprint density at radius 1 is 0.918 bits per heavy atom. The van der Waals surface area contributed by atoms with E-state index in [9.17, 15) is 12.8 Å². The first-order valence-electron chi connectivity index (χ1n) is 16.4. The van der Waals surface area contributed by atoms with E-state index >= 15 is 4.79 Å². The van der Waals surface area contributed by atoms with Crippen LogP contribution in [0.15, 0.2) is 70.6 Å². The summed E-state index contributed by atoms with van der Waals surface area (Å²) in [4.78, 5) is 26.1. The minimum Gasteiger partial charge on any atom is -0.490 e. The Kier molecular flexibility index (Phi) is 11.6. The zero-order valence-electron chi connectivity index (χ0n) is 28.2. The van der Waals surface area contributed by atoms with Crippen LogP contribution in [0.5, 0.6) is 5.75 Å². The van der Waals surface area contributed by atoms with Crippen molar-refractivity contribution in [1.82, 2.24) is 14.7 Å². The number of halogens is 4. The molecule has 0 spiro atoms. The minimum absolute atomic E-state index is 0.0864. The molecule has 5 rings (SSSR count). The maximum Gasteiger partial charge on any atom is 0.326 e. The third-order valence-corrected chi connectivity index (χ3v) is 11.7. The van der Waals surface area contributed by atoms with Gasteiger partial charge in [0.1, 0.15) is 35.9 Å². The minimum atomic E-state index is -3.83. The molecule has 2 amide bonds. The summed E-state index contributed by atoms with van der Waals surface area (Å²) in [6, 6.07) is 16.9. The van der Waals surface area contributed by atoms with Gasteiger partial charge in [0.15, 0.2) is 9.84 Å². The number of amides is 2. The molecule has 0 bridgehead atoms. The number of ether oxygens (including phenoxy) is 1. The van der Waals surface area contributed by atoms with E-state index in [0.717, 1.165) is 43.2 Å². The third-order valence-electron chi connectivity index (χ3n) is 9.67. The summed E-state index contributed by atoms with van der Waals surface area (Å²) in [6.45, 7) is 8.31.